The first-order valence-electron chi connectivity index (χ1n) is 6.35. The second-order valence-corrected chi connectivity index (χ2v) is 4.50. The zero-order valence-electron chi connectivity index (χ0n) is 10.8. The van der Waals surface area contributed by atoms with Crippen molar-refractivity contribution < 1.29 is 9.53 Å². The Morgan fingerprint density at radius 3 is 2.94 bits per heavy atom. The van der Waals surface area contributed by atoms with Crippen molar-refractivity contribution in [1.29, 1.82) is 0 Å². The third-order valence-corrected chi connectivity index (χ3v) is 3.24. The Hall–Kier alpha value is -1.39. The molecule has 0 spiro atoms. The molecule has 4 nitrogen and oxygen atoms in total. The highest BCUT2D eigenvalue weighted by atomic mass is 16.5. The number of ether oxygens (including phenoxy) is 1. The number of methoxy groups -OCH3 is 1. The van der Waals surface area contributed by atoms with Crippen molar-refractivity contribution in [3.05, 3.63) is 35.4 Å². The van der Waals surface area contributed by atoms with E-state index in [2.05, 4.69) is 23.5 Å². The van der Waals surface area contributed by atoms with Gasteiger partial charge in [-0.25, -0.2) is 0 Å². The molecule has 98 valence electrons. The van der Waals surface area contributed by atoms with E-state index in [1.165, 1.54) is 11.1 Å². The molecule has 4 heteroatoms. The lowest BCUT2D eigenvalue weighted by Crippen LogP contribution is -2.41. The molecule has 0 bridgehead atoms. The van der Waals surface area contributed by atoms with E-state index in [-0.39, 0.29) is 5.91 Å². The Bertz CT molecular complexity index is 407. The van der Waals surface area contributed by atoms with Crippen LogP contribution in [0.1, 0.15) is 11.1 Å². The van der Waals surface area contributed by atoms with Gasteiger partial charge in [0.05, 0.1) is 13.2 Å². The van der Waals surface area contributed by atoms with Crippen molar-refractivity contribution in [3.8, 4) is 0 Å². The van der Waals surface area contributed by atoms with E-state index in [4.69, 9.17) is 4.74 Å². The summed E-state index contributed by atoms with van der Waals surface area (Å²) < 4.78 is 4.93. The van der Waals surface area contributed by atoms with Gasteiger partial charge < -0.3 is 15.0 Å². The Labute approximate surface area is 108 Å². The predicted octanol–water partition coefficient (Wildman–Crippen LogP) is 0.807. The molecule has 1 heterocycles. The van der Waals surface area contributed by atoms with Crippen LogP contribution in [-0.2, 0) is 22.5 Å². The van der Waals surface area contributed by atoms with Gasteiger partial charge in [-0.15, -0.1) is 0 Å². The standard InChI is InChI=1S/C14H20N2O2/c1-18-9-7-15-10-14(17)16-8-6-12-4-2-3-5-13(12)11-16/h2-5,15H,6-11H2,1H3. The van der Waals surface area contributed by atoms with Crippen LogP contribution in [0.2, 0.25) is 0 Å². The molecule has 1 aromatic rings. The van der Waals surface area contributed by atoms with Crippen molar-refractivity contribution in [3.63, 3.8) is 0 Å². The minimum Gasteiger partial charge on any atom is -0.383 e. The zero-order valence-corrected chi connectivity index (χ0v) is 10.8. The van der Waals surface area contributed by atoms with Crippen LogP contribution < -0.4 is 5.32 Å². The summed E-state index contributed by atoms with van der Waals surface area (Å²) in [5, 5.41) is 3.09. The third kappa shape index (κ3) is 3.31. The molecule has 2 rings (SSSR count). The molecule has 18 heavy (non-hydrogen) atoms. The number of hydrogen-bond acceptors (Lipinski definition) is 3. The Kier molecular flexibility index (Phi) is 4.73. The lowest BCUT2D eigenvalue weighted by molar-refractivity contribution is -0.131. The van der Waals surface area contributed by atoms with Crippen LogP contribution in [-0.4, -0.2) is 44.2 Å². The monoisotopic (exact) mass is 248 g/mol. The lowest BCUT2D eigenvalue weighted by Gasteiger charge is -2.29. The van der Waals surface area contributed by atoms with Gasteiger partial charge in [-0.05, 0) is 17.5 Å². The maximum absolute atomic E-state index is 12.0. The molecule has 0 aliphatic carbocycles. The highest BCUT2D eigenvalue weighted by Crippen LogP contribution is 2.18. The summed E-state index contributed by atoms with van der Waals surface area (Å²) in [5.74, 6) is 0.167. The number of fused-ring (bicyclic) bond motifs is 1. The summed E-state index contributed by atoms with van der Waals surface area (Å²) in [7, 11) is 1.66. The molecule has 1 aromatic carbocycles. The first-order valence-corrected chi connectivity index (χ1v) is 6.35. The average molecular weight is 248 g/mol. The molecular formula is C14H20N2O2. The number of amides is 1. The van der Waals surface area contributed by atoms with Crippen LogP contribution in [0.25, 0.3) is 0 Å². The predicted molar refractivity (Wildman–Crippen MR) is 70.3 cm³/mol. The summed E-state index contributed by atoms with van der Waals surface area (Å²) in [5.41, 5.74) is 2.64. The highest BCUT2D eigenvalue weighted by Gasteiger charge is 2.19. The molecule has 0 fully saturated rings. The summed E-state index contributed by atoms with van der Waals surface area (Å²) in [6, 6.07) is 8.34. The molecule has 0 saturated carbocycles. The van der Waals surface area contributed by atoms with Crippen LogP contribution in [0.4, 0.5) is 0 Å². The van der Waals surface area contributed by atoms with Crippen molar-refractivity contribution in [2.75, 3.05) is 33.4 Å². The first-order chi connectivity index (χ1) is 8.81. The van der Waals surface area contributed by atoms with E-state index >= 15 is 0 Å². The van der Waals surface area contributed by atoms with Gasteiger partial charge in [-0.1, -0.05) is 24.3 Å². The fourth-order valence-electron chi connectivity index (χ4n) is 2.19. The maximum atomic E-state index is 12.0. The van der Waals surface area contributed by atoms with Crippen molar-refractivity contribution >= 4 is 5.91 Å². The van der Waals surface area contributed by atoms with Crippen LogP contribution in [0.3, 0.4) is 0 Å². The maximum Gasteiger partial charge on any atom is 0.236 e. The Balaban J connectivity index is 1.83. The van der Waals surface area contributed by atoms with E-state index in [0.29, 0.717) is 19.7 Å². The molecule has 1 aliphatic rings. The van der Waals surface area contributed by atoms with Gasteiger partial charge in [0.25, 0.3) is 0 Å². The number of benzene rings is 1. The van der Waals surface area contributed by atoms with Crippen LogP contribution in [0.5, 0.6) is 0 Å². The average Bonchev–Trinajstić information content (AvgIpc) is 2.43. The molecular weight excluding hydrogens is 228 g/mol. The number of carbonyl (C=O) groups is 1. The molecule has 0 saturated heterocycles. The molecule has 0 atom stereocenters. The van der Waals surface area contributed by atoms with Gasteiger partial charge in [0.15, 0.2) is 0 Å². The Morgan fingerprint density at radius 1 is 1.39 bits per heavy atom. The van der Waals surface area contributed by atoms with Gasteiger partial charge in [-0.2, -0.15) is 0 Å². The number of carbonyl (C=O) groups excluding carboxylic acids is 1. The van der Waals surface area contributed by atoms with E-state index in [1.807, 2.05) is 11.0 Å². The second kappa shape index (κ2) is 6.52. The molecule has 1 amide bonds. The van der Waals surface area contributed by atoms with Crippen molar-refractivity contribution in [1.82, 2.24) is 10.2 Å². The van der Waals surface area contributed by atoms with Crippen LogP contribution >= 0.6 is 0 Å². The van der Waals surface area contributed by atoms with Crippen LogP contribution in [0.15, 0.2) is 24.3 Å². The summed E-state index contributed by atoms with van der Waals surface area (Å²) in [4.78, 5) is 13.9. The van der Waals surface area contributed by atoms with E-state index in [1.54, 1.807) is 7.11 Å². The first kappa shape index (κ1) is 13.1. The van der Waals surface area contributed by atoms with Crippen LogP contribution in [0, 0.1) is 0 Å². The number of hydrogen-bond donors (Lipinski definition) is 1. The third-order valence-electron chi connectivity index (χ3n) is 3.24. The van der Waals surface area contributed by atoms with Gasteiger partial charge in [0.1, 0.15) is 0 Å². The van der Waals surface area contributed by atoms with Gasteiger partial charge in [-0.3, -0.25) is 4.79 Å². The van der Waals surface area contributed by atoms with Gasteiger partial charge >= 0.3 is 0 Å². The molecule has 1 N–H and O–H groups in total. The fraction of sp³-hybridized carbons (Fsp3) is 0.500. The quantitative estimate of drug-likeness (QED) is 0.784. The van der Waals surface area contributed by atoms with Crippen molar-refractivity contribution in [2.45, 2.75) is 13.0 Å². The Morgan fingerprint density at radius 2 is 2.17 bits per heavy atom. The summed E-state index contributed by atoms with van der Waals surface area (Å²) in [6.07, 6.45) is 0.958. The minimum atomic E-state index is 0.167. The smallest absolute Gasteiger partial charge is 0.236 e. The van der Waals surface area contributed by atoms with E-state index in [0.717, 1.165) is 19.5 Å². The normalized spacial score (nSPS) is 14.4. The van der Waals surface area contributed by atoms with E-state index < -0.39 is 0 Å². The lowest BCUT2D eigenvalue weighted by atomic mass is 10.00. The SMILES string of the molecule is COCCNCC(=O)N1CCc2ccccc2C1. The second-order valence-electron chi connectivity index (χ2n) is 4.50. The number of rotatable bonds is 5. The molecule has 0 unspecified atom stereocenters. The molecule has 0 aromatic heterocycles. The van der Waals surface area contributed by atoms with Gasteiger partial charge in [0.2, 0.25) is 5.91 Å². The summed E-state index contributed by atoms with van der Waals surface area (Å²) in [6.45, 7) is 3.30. The fourth-order valence-corrected chi connectivity index (χ4v) is 2.19. The minimum absolute atomic E-state index is 0.167. The number of nitrogens with one attached hydrogen (secondary N) is 1. The molecule has 0 radical (unpaired) electrons. The summed E-state index contributed by atoms with van der Waals surface area (Å²) >= 11 is 0. The number of nitrogens with zero attached hydrogens (tertiary/aromatic N) is 1. The largest absolute Gasteiger partial charge is 0.383 e. The van der Waals surface area contributed by atoms with E-state index in [9.17, 15) is 4.79 Å². The van der Waals surface area contributed by atoms with Crippen molar-refractivity contribution in [2.24, 2.45) is 0 Å². The van der Waals surface area contributed by atoms with Gasteiger partial charge in [0, 0.05) is 26.7 Å². The topological polar surface area (TPSA) is 41.6 Å². The highest BCUT2D eigenvalue weighted by molar-refractivity contribution is 5.78. The molecule has 1 aliphatic heterocycles. The zero-order chi connectivity index (χ0) is 12.8.